The number of nitrogens with zero attached hydrogens (tertiary/aromatic N) is 1. The minimum atomic E-state index is -0.320. The Morgan fingerprint density at radius 1 is 0.960 bits per heavy atom. The van der Waals surface area contributed by atoms with Gasteiger partial charge in [-0.2, -0.15) is 0 Å². The van der Waals surface area contributed by atoms with Crippen molar-refractivity contribution in [2.45, 2.75) is 32.4 Å². The largest absolute Gasteiger partial charge is 0.457 e. The van der Waals surface area contributed by atoms with Crippen LogP contribution in [0.3, 0.4) is 0 Å². The first-order valence-corrected chi connectivity index (χ1v) is 8.82. The molecule has 0 unspecified atom stereocenters. The van der Waals surface area contributed by atoms with Crippen molar-refractivity contribution in [3.8, 4) is 0 Å². The van der Waals surface area contributed by atoms with E-state index < -0.39 is 0 Å². The number of piperidine rings is 1. The first-order valence-electron chi connectivity index (χ1n) is 8.44. The first-order chi connectivity index (χ1) is 11.7. The van der Waals surface area contributed by atoms with Crippen molar-refractivity contribution >= 4 is 30.0 Å². The molecule has 3 nitrogen and oxygen atoms in total. The smallest absolute Gasteiger partial charge is 0.338 e. The van der Waals surface area contributed by atoms with Gasteiger partial charge in [-0.1, -0.05) is 42.3 Å². The lowest BCUT2D eigenvalue weighted by molar-refractivity contribution is 0.0471. The number of likely N-dealkylation sites (tertiary alicyclic amines) is 1. The first kappa shape index (κ1) is 19.8. The Morgan fingerprint density at radius 3 is 2.28 bits per heavy atom. The van der Waals surface area contributed by atoms with Crippen molar-refractivity contribution in [2.75, 3.05) is 13.1 Å². The molecule has 0 amide bonds. The van der Waals surface area contributed by atoms with Gasteiger partial charge >= 0.3 is 5.97 Å². The van der Waals surface area contributed by atoms with Gasteiger partial charge in [-0.25, -0.2) is 4.79 Å². The molecule has 2 aromatic rings. The third kappa shape index (κ3) is 5.74. The number of hydrogen-bond acceptors (Lipinski definition) is 3. The summed E-state index contributed by atoms with van der Waals surface area (Å²) in [4.78, 5) is 14.6. The van der Waals surface area contributed by atoms with Crippen LogP contribution in [-0.2, 0) is 17.9 Å². The molecular weight excluding hydrogens is 357 g/mol. The van der Waals surface area contributed by atoms with E-state index in [4.69, 9.17) is 16.3 Å². The maximum Gasteiger partial charge on any atom is 0.338 e. The molecule has 0 aliphatic carbocycles. The lowest BCUT2D eigenvalue weighted by atomic mass is 10.1. The predicted octanol–water partition coefficient (Wildman–Crippen LogP) is 5.10. The van der Waals surface area contributed by atoms with Crippen LogP contribution in [0, 0.1) is 0 Å². The van der Waals surface area contributed by atoms with Crippen molar-refractivity contribution in [1.82, 2.24) is 4.90 Å². The van der Waals surface area contributed by atoms with Crippen LogP contribution >= 0.6 is 24.0 Å². The molecule has 0 spiro atoms. The molecule has 5 heteroatoms. The summed E-state index contributed by atoms with van der Waals surface area (Å²) in [6.45, 7) is 3.53. The number of halogens is 2. The molecule has 0 bridgehead atoms. The van der Waals surface area contributed by atoms with Crippen LogP contribution in [-0.4, -0.2) is 24.0 Å². The Labute approximate surface area is 160 Å². The second-order valence-electron chi connectivity index (χ2n) is 6.19. The molecule has 0 radical (unpaired) electrons. The Balaban J connectivity index is 0.00000225. The number of hydrogen-bond donors (Lipinski definition) is 0. The summed E-state index contributed by atoms with van der Waals surface area (Å²) >= 11 is 5.85. The number of benzene rings is 2. The Hall–Kier alpha value is -1.55. The summed E-state index contributed by atoms with van der Waals surface area (Å²) in [6.07, 6.45) is 3.87. The fourth-order valence-electron chi connectivity index (χ4n) is 3.02. The molecule has 0 atom stereocenters. The molecule has 3 rings (SSSR count). The van der Waals surface area contributed by atoms with Gasteiger partial charge in [0.25, 0.3) is 0 Å². The van der Waals surface area contributed by atoms with Crippen LogP contribution < -0.4 is 0 Å². The summed E-state index contributed by atoms with van der Waals surface area (Å²) in [5, 5.41) is 0.610. The van der Waals surface area contributed by atoms with E-state index in [1.807, 2.05) is 18.2 Å². The highest BCUT2D eigenvalue weighted by Gasteiger charge is 2.13. The summed E-state index contributed by atoms with van der Waals surface area (Å²) < 4.78 is 5.48. The topological polar surface area (TPSA) is 29.5 Å². The number of esters is 1. The highest BCUT2D eigenvalue weighted by atomic mass is 35.5. The zero-order valence-corrected chi connectivity index (χ0v) is 15.7. The van der Waals surface area contributed by atoms with Crippen LogP contribution in [0.15, 0.2) is 48.5 Å². The van der Waals surface area contributed by atoms with Crippen LogP contribution in [0.5, 0.6) is 0 Å². The van der Waals surface area contributed by atoms with Gasteiger partial charge in [0.1, 0.15) is 6.61 Å². The zero-order chi connectivity index (χ0) is 16.8. The van der Waals surface area contributed by atoms with Gasteiger partial charge in [-0.05, 0) is 61.3 Å². The fourth-order valence-corrected chi connectivity index (χ4v) is 3.15. The third-order valence-electron chi connectivity index (χ3n) is 4.40. The van der Waals surface area contributed by atoms with E-state index in [-0.39, 0.29) is 18.4 Å². The molecule has 1 fully saturated rings. The fraction of sp³-hybridized carbons (Fsp3) is 0.350. The second-order valence-corrected chi connectivity index (χ2v) is 6.62. The number of carbonyl (C=O) groups is 1. The van der Waals surface area contributed by atoms with Gasteiger partial charge in [0.2, 0.25) is 0 Å². The monoisotopic (exact) mass is 379 g/mol. The van der Waals surface area contributed by atoms with Gasteiger partial charge < -0.3 is 4.74 Å². The maximum atomic E-state index is 12.2. The Bertz CT molecular complexity index is 682. The van der Waals surface area contributed by atoms with Crippen LogP contribution in [0.2, 0.25) is 5.02 Å². The van der Waals surface area contributed by atoms with E-state index in [1.165, 1.54) is 24.8 Å². The normalized spacial score (nSPS) is 14.6. The molecule has 2 aromatic carbocycles. The molecule has 134 valence electrons. The maximum absolute atomic E-state index is 12.2. The minimum absolute atomic E-state index is 0. The zero-order valence-electron chi connectivity index (χ0n) is 14.1. The van der Waals surface area contributed by atoms with Gasteiger partial charge in [0.05, 0.1) is 5.56 Å². The summed E-state index contributed by atoms with van der Waals surface area (Å²) in [6, 6.07) is 15.0. The van der Waals surface area contributed by atoms with Gasteiger partial charge in [0.15, 0.2) is 0 Å². The van der Waals surface area contributed by atoms with E-state index in [1.54, 1.807) is 24.3 Å². The Kier molecular flexibility index (Phi) is 7.76. The Morgan fingerprint density at radius 2 is 1.60 bits per heavy atom. The van der Waals surface area contributed by atoms with E-state index >= 15 is 0 Å². The molecule has 0 saturated carbocycles. The van der Waals surface area contributed by atoms with Crippen molar-refractivity contribution in [3.63, 3.8) is 0 Å². The van der Waals surface area contributed by atoms with Crippen LogP contribution in [0.25, 0.3) is 0 Å². The lowest BCUT2D eigenvalue weighted by Crippen LogP contribution is -2.29. The quantitative estimate of drug-likeness (QED) is 0.676. The molecule has 1 heterocycles. The van der Waals surface area contributed by atoms with Crippen LogP contribution in [0.4, 0.5) is 0 Å². The van der Waals surface area contributed by atoms with E-state index in [0.717, 1.165) is 25.2 Å². The molecule has 1 aliphatic heterocycles. The molecule has 25 heavy (non-hydrogen) atoms. The SMILES string of the molecule is Cl.O=C(OCc1ccccc1CN1CCCCC1)c1ccc(Cl)cc1. The average molecular weight is 380 g/mol. The molecular formula is C20H23Cl2NO2. The molecule has 1 aliphatic rings. The number of rotatable bonds is 5. The van der Waals surface area contributed by atoms with Gasteiger partial charge in [0, 0.05) is 11.6 Å². The molecule has 1 saturated heterocycles. The second kappa shape index (κ2) is 9.81. The molecule has 0 N–H and O–H groups in total. The minimum Gasteiger partial charge on any atom is -0.457 e. The average Bonchev–Trinajstić information content (AvgIpc) is 2.62. The lowest BCUT2D eigenvalue weighted by Gasteiger charge is -2.27. The van der Waals surface area contributed by atoms with E-state index in [0.29, 0.717) is 17.2 Å². The van der Waals surface area contributed by atoms with E-state index in [9.17, 15) is 4.79 Å². The summed E-state index contributed by atoms with van der Waals surface area (Å²) in [5.74, 6) is -0.320. The van der Waals surface area contributed by atoms with Gasteiger partial charge in [-0.15, -0.1) is 12.4 Å². The number of ether oxygens (including phenoxy) is 1. The number of carbonyl (C=O) groups excluding carboxylic acids is 1. The predicted molar refractivity (Wildman–Crippen MR) is 103 cm³/mol. The molecule has 0 aromatic heterocycles. The van der Waals surface area contributed by atoms with Crippen molar-refractivity contribution in [1.29, 1.82) is 0 Å². The summed E-state index contributed by atoms with van der Waals surface area (Å²) in [5.41, 5.74) is 2.83. The highest BCUT2D eigenvalue weighted by molar-refractivity contribution is 6.30. The van der Waals surface area contributed by atoms with Gasteiger partial charge in [-0.3, -0.25) is 4.90 Å². The van der Waals surface area contributed by atoms with Crippen LogP contribution in [0.1, 0.15) is 40.7 Å². The standard InChI is InChI=1S/C20H22ClNO2.ClH/c21-19-10-8-16(9-11-19)20(23)24-15-18-7-3-2-6-17(18)14-22-12-4-1-5-13-22;/h2-3,6-11H,1,4-5,12-15H2;1H. The van der Waals surface area contributed by atoms with E-state index in [2.05, 4.69) is 11.0 Å². The van der Waals surface area contributed by atoms with Crippen molar-refractivity contribution < 1.29 is 9.53 Å². The third-order valence-corrected chi connectivity index (χ3v) is 4.65. The highest BCUT2D eigenvalue weighted by Crippen LogP contribution is 2.18. The van der Waals surface area contributed by atoms with Crippen molar-refractivity contribution in [2.24, 2.45) is 0 Å². The summed E-state index contributed by atoms with van der Waals surface area (Å²) in [7, 11) is 0. The van der Waals surface area contributed by atoms with Crippen molar-refractivity contribution in [3.05, 3.63) is 70.2 Å².